The summed E-state index contributed by atoms with van der Waals surface area (Å²) in [6, 6.07) is 13.1. The summed E-state index contributed by atoms with van der Waals surface area (Å²) < 4.78 is 39.6. The van der Waals surface area contributed by atoms with Gasteiger partial charge in [-0.3, -0.25) is 13.9 Å². The van der Waals surface area contributed by atoms with Crippen LogP contribution >= 0.6 is 0 Å². The van der Waals surface area contributed by atoms with Crippen LogP contribution in [0.5, 0.6) is 0 Å². The van der Waals surface area contributed by atoms with E-state index in [1.807, 2.05) is 6.07 Å². The summed E-state index contributed by atoms with van der Waals surface area (Å²) >= 11 is 0. The number of rotatable bonds is 5. The number of aromatic nitrogens is 1. The number of hydrogen-bond acceptors (Lipinski definition) is 6. The van der Waals surface area contributed by atoms with Crippen LogP contribution in [0.1, 0.15) is 30.1 Å². The maximum Gasteiger partial charge on any atom is 0.264 e. The molecular formula is C25H27N3O6S. The van der Waals surface area contributed by atoms with E-state index in [4.69, 9.17) is 9.47 Å². The predicted octanol–water partition coefficient (Wildman–Crippen LogP) is 2.72. The molecule has 1 N–H and O–H groups in total. The minimum absolute atomic E-state index is 0.0127. The quantitative estimate of drug-likeness (QED) is 0.581. The van der Waals surface area contributed by atoms with Gasteiger partial charge in [0.2, 0.25) is 5.43 Å². The van der Waals surface area contributed by atoms with Crippen LogP contribution in [0.4, 0.5) is 5.69 Å². The second-order valence-corrected chi connectivity index (χ2v) is 10.5. The minimum Gasteiger partial charge on any atom is -0.360 e. The van der Waals surface area contributed by atoms with E-state index in [1.54, 1.807) is 42.2 Å². The molecule has 2 saturated heterocycles. The Morgan fingerprint density at radius 2 is 1.77 bits per heavy atom. The van der Waals surface area contributed by atoms with E-state index in [-0.39, 0.29) is 22.4 Å². The number of aromatic amines is 1. The van der Waals surface area contributed by atoms with Crippen LogP contribution in [-0.2, 0) is 19.5 Å². The highest BCUT2D eigenvalue weighted by Crippen LogP contribution is 2.31. The number of piperidine rings is 1. The molecule has 1 spiro atoms. The highest BCUT2D eigenvalue weighted by atomic mass is 32.2. The highest BCUT2D eigenvalue weighted by Gasteiger charge is 2.41. The summed E-state index contributed by atoms with van der Waals surface area (Å²) in [5, 5.41) is 0.150. The van der Waals surface area contributed by atoms with Crippen molar-refractivity contribution in [3.8, 4) is 0 Å². The fourth-order valence-electron chi connectivity index (χ4n) is 4.74. The van der Waals surface area contributed by atoms with Crippen molar-refractivity contribution < 1.29 is 22.7 Å². The first-order valence-corrected chi connectivity index (χ1v) is 13.1. The van der Waals surface area contributed by atoms with Crippen LogP contribution in [0.15, 0.2) is 64.4 Å². The molecule has 2 aliphatic heterocycles. The Labute approximate surface area is 203 Å². The molecule has 2 fully saturated rings. The number of hydrogen-bond donors (Lipinski definition) is 1. The molecule has 0 saturated carbocycles. The Morgan fingerprint density at radius 3 is 2.43 bits per heavy atom. The van der Waals surface area contributed by atoms with E-state index in [0.717, 1.165) is 0 Å². The molecule has 0 bridgehead atoms. The molecule has 1 amide bonds. The van der Waals surface area contributed by atoms with Gasteiger partial charge in [-0.2, -0.15) is 0 Å². The SMILES string of the molecule is CCN(c1ccccc1)S(=O)(=O)c1ccc2[nH]cc(C(=O)N3CCC4(CC3)OCCO4)c(=O)c2c1. The number of pyridine rings is 1. The molecule has 0 aliphatic carbocycles. The molecule has 10 heteroatoms. The van der Waals surface area contributed by atoms with Crippen molar-refractivity contribution in [3.05, 3.63) is 70.5 Å². The fourth-order valence-corrected chi connectivity index (χ4v) is 6.24. The third-order valence-corrected chi connectivity index (χ3v) is 8.53. The van der Waals surface area contributed by atoms with Crippen LogP contribution in [0.3, 0.4) is 0 Å². The van der Waals surface area contributed by atoms with Gasteiger partial charge in [0.25, 0.3) is 15.9 Å². The number of H-pyrrole nitrogens is 1. The number of benzene rings is 2. The maximum absolute atomic E-state index is 13.4. The van der Waals surface area contributed by atoms with Crippen molar-refractivity contribution in [2.75, 3.05) is 37.2 Å². The van der Waals surface area contributed by atoms with Crippen molar-refractivity contribution in [3.63, 3.8) is 0 Å². The first-order chi connectivity index (χ1) is 16.8. The number of carbonyl (C=O) groups is 1. The standard InChI is InChI=1S/C25H27N3O6S/c1-2-28(18-6-4-3-5-7-18)35(31,32)19-8-9-22-20(16-19)23(29)21(17-26-22)24(30)27-12-10-25(11-13-27)33-14-15-34-25/h3-9,16-17H,2,10-15H2,1H3,(H,26,29). The number of amides is 1. The molecule has 2 aliphatic rings. The minimum atomic E-state index is -3.92. The zero-order valence-electron chi connectivity index (χ0n) is 19.4. The van der Waals surface area contributed by atoms with Gasteiger partial charge in [0, 0.05) is 49.6 Å². The lowest BCUT2D eigenvalue weighted by molar-refractivity contribution is -0.181. The van der Waals surface area contributed by atoms with E-state index in [0.29, 0.717) is 50.3 Å². The molecular weight excluding hydrogens is 470 g/mol. The molecule has 35 heavy (non-hydrogen) atoms. The van der Waals surface area contributed by atoms with Gasteiger partial charge in [-0.05, 0) is 37.3 Å². The molecule has 1 aromatic heterocycles. The first-order valence-electron chi connectivity index (χ1n) is 11.7. The lowest BCUT2D eigenvalue weighted by Gasteiger charge is -2.37. The summed E-state index contributed by atoms with van der Waals surface area (Å²) in [4.78, 5) is 31.1. The number of sulfonamides is 1. The normalized spacial score (nSPS) is 17.7. The topological polar surface area (TPSA) is 109 Å². The predicted molar refractivity (Wildman–Crippen MR) is 131 cm³/mol. The highest BCUT2D eigenvalue weighted by molar-refractivity contribution is 7.92. The van der Waals surface area contributed by atoms with Crippen LogP contribution in [-0.4, -0.2) is 62.8 Å². The molecule has 3 heterocycles. The van der Waals surface area contributed by atoms with Crippen LogP contribution < -0.4 is 9.73 Å². The second-order valence-electron chi connectivity index (χ2n) is 8.64. The summed E-state index contributed by atoms with van der Waals surface area (Å²) in [6.07, 6.45) is 2.48. The number of nitrogens with one attached hydrogen (secondary N) is 1. The molecule has 0 atom stereocenters. The second kappa shape index (κ2) is 9.10. The Bertz CT molecular complexity index is 1400. The smallest absolute Gasteiger partial charge is 0.264 e. The maximum atomic E-state index is 13.4. The summed E-state index contributed by atoms with van der Waals surface area (Å²) in [6.45, 7) is 3.88. The monoisotopic (exact) mass is 497 g/mol. The van der Waals surface area contributed by atoms with Gasteiger partial charge in [0.05, 0.1) is 23.8 Å². The zero-order valence-corrected chi connectivity index (χ0v) is 20.2. The van der Waals surface area contributed by atoms with Gasteiger partial charge in [0.15, 0.2) is 5.79 Å². The number of nitrogens with zero attached hydrogens (tertiary/aromatic N) is 2. The van der Waals surface area contributed by atoms with Crippen LogP contribution in [0.25, 0.3) is 10.9 Å². The van der Waals surface area contributed by atoms with Crippen LogP contribution in [0, 0.1) is 0 Å². The van der Waals surface area contributed by atoms with E-state index < -0.39 is 27.1 Å². The van der Waals surface area contributed by atoms with Crippen molar-refractivity contribution in [1.29, 1.82) is 0 Å². The molecule has 5 rings (SSSR count). The molecule has 9 nitrogen and oxygen atoms in total. The summed E-state index contributed by atoms with van der Waals surface area (Å²) in [7, 11) is -3.92. The van der Waals surface area contributed by atoms with E-state index in [1.165, 1.54) is 22.6 Å². The number of fused-ring (bicyclic) bond motifs is 1. The van der Waals surface area contributed by atoms with E-state index >= 15 is 0 Å². The van der Waals surface area contributed by atoms with E-state index in [9.17, 15) is 18.0 Å². The Hall–Kier alpha value is -3.21. The molecule has 0 unspecified atom stereocenters. The van der Waals surface area contributed by atoms with E-state index in [2.05, 4.69) is 4.98 Å². The summed E-state index contributed by atoms with van der Waals surface area (Å²) in [5.41, 5.74) is 0.466. The third-order valence-electron chi connectivity index (χ3n) is 6.63. The first kappa shape index (κ1) is 23.5. The lowest BCUT2D eigenvalue weighted by Crippen LogP contribution is -2.48. The van der Waals surface area contributed by atoms with Crippen molar-refractivity contribution in [2.24, 2.45) is 0 Å². The van der Waals surface area contributed by atoms with Gasteiger partial charge in [-0.15, -0.1) is 0 Å². The Morgan fingerprint density at radius 1 is 1.09 bits per heavy atom. The van der Waals surface area contributed by atoms with Crippen molar-refractivity contribution >= 4 is 32.5 Å². The number of ether oxygens (including phenoxy) is 2. The Kier molecular flexibility index (Phi) is 6.12. The molecule has 0 radical (unpaired) electrons. The third kappa shape index (κ3) is 4.22. The van der Waals surface area contributed by atoms with Gasteiger partial charge in [-0.1, -0.05) is 18.2 Å². The lowest BCUT2D eigenvalue weighted by atomic mass is 10.0. The van der Waals surface area contributed by atoms with Gasteiger partial charge < -0.3 is 19.4 Å². The molecule has 3 aromatic rings. The average Bonchev–Trinajstić information content (AvgIpc) is 3.33. The fraction of sp³-hybridized carbons (Fsp3) is 0.360. The van der Waals surface area contributed by atoms with Crippen molar-refractivity contribution in [1.82, 2.24) is 9.88 Å². The molecule has 2 aromatic carbocycles. The van der Waals surface area contributed by atoms with Crippen LogP contribution in [0.2, 0.25) is 0 Å². The van der Waals surface area contributed by atoms with Gasteiger partial charge >= 0.3 is 0 Å². The van der Waals surface area contributed by atoms with Gasteiger partial charge in [-0.25, -0.2) is 8.42 Å². The average molecular weight is 498 g/mol. The largest absolute Gasteiger partial charge is 0.360 e. The Balaban J connectivity index is 1.46. The number of para-hydroxylation sites is 1. The number of carbonyl (C=O) groups excluding carboxylic acids is 1. The van der Waals surface area contributed by atoms with Crippen molar-refractivity contribution in [2.45, 2.75) is 30.4 Å². The summed E-state index contributed by atoms with van der Waals surface area (Å²) in [5.74, 6) is -1.02. The zero-order chi connectivity index (χ0) is 24.6. The van der Waals surface area contributed by atoms with Gasteiger partial charge in [0.1, 0.15) is 5.56 Å². The number of likely N-dealkylation sites (tertiary alicyclic amines) is 1. The number of anilines is 1. The molecule has 184 valence electrons.